The smallest absolute Gasteiger partial charge is 0.352 e. The average Bonchev–Trinajstić information content (AvgIpc) is 2.94. The van der Waals surface area contributed by atoms with Crippen molar-refractivity contribution >= 4 is 50.9 Å². The number of nitrogens with zero attached hydrogens (tertiary/aromatic N) is 6. The van der Waals surface area contributed by atoms with Crippen molar-refractivity contribution in [3.63, 3.8) is 0 Å². The van der Waals surface area contributed by atoms with E-state index in [1.165, 1.54) is 18.2 Å². The van der Waals surface area contributed by atoms with Gasteiger partial charge in [0.2, 0.25) is 5.91 Å². The van der Waals surface area contributed by atoms with E-state index in [0.717, 1.165) is 4.31 Å². The maximum atomic E-state index is 15.0. The van der Waals surface area contributed by atoms with E-state index in [0.29, 0.717) is 29.9 Å². The van der Waals surface area contributed by atoms with Crippen LogP contribution in [0.2, 0.25) is 5.02 Å². The summed E-state index contributed by atoms with van der Waals surface area (Å²) in [6.07, 6.45) is 1.26. The van der Waals surface area contributed by atoms with Crippen molar-refractivity contribution in [2.45, 2.75) is 52.6 Å². The van der Waals surface area contributed by atoms with E-state index in [-0.39, 0.29) is 63.3 Å². The predicted molar refractivity (Wildman–Crippen MR) is 167 cm³/mol. The number of amidine groups is 1. The van der Waals surface area contributed by atoms with Gasteiger partial charge in [0.25, 0.3) is 0 Å². The molecule has 1 fully saturated rings. The number of nitrogen functional groups attached to an aromatic ring is 1. The van der Waals surface area contributed by atoms with Crippen LogP contribution in [0.1, 0.15) is 50.4 Å². The van der Waals surface area contributed by atoms with Gasteiger partial charge in [-0.3, -0.25) is 4.79 Å². The number of pyridine rings is 2. The minimum Gasteiger partial charge on any atom is -0.384 e. The fraction of sp³-hybridized carbons (Fsp3) is 0.333. The molecule has 2 aromatic heterocycles. The van der Waals surface area contributed by atoms with E-state index in [2.05, 4.69) is 16.0 Å². The molecule has 1 aromatic carbocycles. The molecule has 2 atom stereocenters. The molecule has 2 aliphatic heterocycles. The molecule has 0 radical (unpaired) electrons. The van der Waals surface area contributed by atoms with Gasteiger partial charge >= 0.3 is 10.2 Å². The van der Waals surface area contributed by atoms with Gasteiger partial charge in [0.15, 0.2) is 11.7 Å². The fourth-order valence-corrected chi connectivity index (χ4v) is 7.19. The predicted octanol–water partition coefficient (Wildman–Crippen LogP) is 5.20. The van der Waals surface area contributed by atoms with Gasteiger partial charge in [0.05, 0.1) is 27.7 Å². The molecule has 1 saturated heterocycles. The molecule has 10 nitrogen and oxygen atoms in total. The van der Waals surface area contributed by atoms with Crippen LogP contribution in [0.15, 0.2) is 53.5 Å². The number of hydrogen-bond acceptors (Lipinski definition) is 7. The molecule has 0 spiro atoms. The van der Waals surface area contributed by atoms with E-state index in [1.807, 2.05) is 32.6 Å². The number of amides is 1. The van der Waals surface area contributed by atoms with Crippen LogP contribution in [0.4, 0.5) is 21.7 Å². The number of nitrogens with two attached hydrogens (primary N) is 1. The number of aryl methyl sites for hydroxylation is 1. The Kier molecular flexibility index (Phi) is 7.95. The summed E-state index contributed by atoms with van der Waals surface area (Å²) in [5.41, 5.74) is 7.86. The molecular formula is C30H33ClFN7O3S. The van der Waals surface area contributed by atoms with Crippen LogP contribution in [-0.4, -0.2) is 65.1 Å². The van der Waals surface area contributed by atoms with Crippen molar-refractivity contribution in [2.24, 2.45) is 4.40 Å². The van der Waals surface area contributed by atoms with Gasteiger partial charge < -0.3 is 15.5 Å². The van der Waals surface area contributed by atoms with Crippen LogP contribution >= 0.6 is 11.6 Å². The number of benzene rings is 1. The number of piperazine rings is 1. The number of halogens is 2. The fourth-order valence-electron chi connectivity index (χ4n) is 5.61. The van der Waals surface area contributed by atoms with Crippen molar-refractivity contribution in [1.82, 2.24) is 19.8 Å². The Balaban J connectivity index is 1.78. The first-order chi connectivity index (χ1) is 20.2. The van der Waals surface area contributed by atoms with E-state index >= 15 is 4.39 Å². The van der Waals surface area contributed by atoms with E-state index < -0.39 is 16.0 Å². The van der Waals surface area contributed by atoms with Crippen molar-refractivity contribution in [3.8, 4) is 11.3 Å². The molecule has 2 aliphatic rings. The summed E-state index contributed by atoms with van der Waals surface area (Å²) < 4.78 is 48.9. The van der Waals surface area contributed by atoms with Crippen molar-refractivity contribution in [2.75, 3.05) is 23.1 Å². The summed E-state index contributed by atoms with van der Waals surface area (Å²) in [6.45, 7) is 13.4. The van der Waals surface area contributed by atoms with Gasteiger partial charge in [-0.15, -0.1) is 4.40 Å². The molecule has 4 heterocycles. The van der Waals surface area contributed by atoms with Crippen LogP contribution in [0.3, 0.4) is 0 Å². The van der Waals surface area contributed by atoms with Gasteiger partial charge in [0, 0.05) is 30.7 Å². The first kappa shape index (κ1) is 30.4. The molecule has 13 heteroatoms. The molecule has 226 valence electrons. The summed E-state index contributed by atoms with van der Waals surface area (Å²) in [7, 11) is -4.47. The second kappa shape index (κ2) is 11.2. The zero-order chi connectivity index (χ0) is 31.4. The van der Waals surface area contributed by atoms with E-state index in [1.54, 1.807) is 36.1 Å². The maximum absolute atomic E-state index is 15.0. The largest absolute Gasteiger partial charge is 0.384 e. The van der Waals surface area contributed by atoms with Crippen LogP contribution < -0.4 is 10.0 Å². The number of aromatic nitrogens is 2. The Labute approximate surface area is 255 Å². The zero-order valence-electron chi connectivity index (χ0n) is 24.5. The van der Waals surface area contributed by atoms with Gasteiger partial charge in [0.1, 0.15) is 11.6 Å². The average molecular weight is 626 g/mol. The molecular weight excluding hydrogens is 593 g/mol. The Morgan fingerprint density at radius 1 is 1.14 bits per heavy atom. The topological polar surface area (TPSA) is 125 Å². The van der Waals surface area contributed by atoms with Crippen LogP contribution in [0.25, 0.3) is 11.3 Å². The van der Waals surface area contributed by atoms with Gasteiger partial charge in [-0.1, -0.05) is 44.2 Å². The molecule has 0 unspecified atom stereocenters. The number of carbonyl (C=O) groups excluding carboxylic acids is 1. The standard InChI is InChI=1S/C30H33ClFN7O3S/c1-7-25(40)37-14-19(6)38(15-18(37)5)30-21-13-22(31)27(20-10-8-9-11-23(20)32)35-29(21)39(43(41,42)36-30)28-17(4)12-24(33)34-26(28)16(2)3/h7-13,16,18-19H,1,14-15H2,2-6H3,(H2,33,34)/t18-,19+/m1/s1. The highest BCUT2D eigenvalue weighted by molar-refractivity contribution is 7.92. The highest BCUT2D eigenvalue weighted by Gasteiger charge is 2.42. The summed E-state index contributed by atoms with van der Waals surface area (Å²) >= 11 is 6.76. The molecule has 2 N–H and O–H groups in total. The first-order valence-electron chi connectivity index (χ1n) is 13.8. The lowest BCUT2D eigenvalue weighted by atomic mass is 10.0. The quantitative estimate of drug-likeness (QED) is 0.395. The normalized spacial score (nSPS) is 19.7. The third kappa shape index (κ3) is 5.33. The van der Waals surface area contributed by atoms with Crippen LogP contribution in [0, 0.1) is 12.7 Å². The summed E-state index contributed by atoms with van der Waals surface area (Å²) in [4.78, 5) is 25.2. The molecule has 1 amide bonds. The second-order valence-electron chi connectivity index (χ2n) is 11.1. The zero-order valence-corrected chi connectivity index (χ0v) is 26.1. The van der Waals surface area contributed by atoms with Gasteiger partial charge in [-0.2, -0.15) is 12.7 Å². The van der Waals surface area contributed by atoms with Crippen LogP contribution in [-0.2, 0) is 15.0 Å². The molecule has 0 aliphatic carbocycles. The Morgan fingerprint density at radius 3 is 2.49 bits per heavy atom. The summed E-state index contributed by atoms with van der Waals surface area (Å²) in [5, 5.41) is 0.119. The number of rotatable bonds is 4. The summed E-state index contributed by atoms with van der Waals surface area (Å²) in [5.74, 6) is -0.595. The Bertz CT molecular complexity index is 1780. The summed E-state index contributed by atoms with van der Waals surface area (Å²) in [6, 6.07) is 8.58. The highest BCUT2D eigenvalue weighted by Crippen LogP contribution is 2.44. The second-order valence-corrected chi connectivity index (χ2v) is 13.0. The van der Waals surface area contributed by atoms with Gasteiger partial charge in [-0.25, -0.2) is 14.4 Å². The third-order valence-corrected chi connectivity index (χ3v) is 9.16. The minimum atomic E-state index is -4.47. The van der Waals surface area contributed by atoms with Crippen molar-refractivity contribution in [1.29, 1.82) is 0 Å². The van der Waals surface area contributed by atoms with Crippen LogP contribution in [0.5, 0.6) is 0 Å². The highest BCUT2D eigenvalue weighted by atomic mass is 35.5. The number of carbonyl (C=O) groups is 1. The Hall–Kier alpha value is -4.03. The SMILES string of the molecule is C=CC(=O)N1C[C@H](C)N(C2=NS(=O)(=O)N(c3c(C)cc(N)nc3C(C)C)c3nc(-c4ccccc4F)c(Cl)cc32)C[C@H]1C. The van der Waals surface area contributed by atoms with Crippen molar-refractivity contribution in [3.05, 3.63) is 76.7 Å². The lowest BCUT2D eigenvalue weighted by molar-refractivity contribution is -0.130. The number of fused-ring (bicyclic) bond motifs is 1. The third-order valence-electron chi connectivity index (χ3n) is 7.65. The molecule has 43 heavy (non-hydrogen) atoms. The number of anilines is 3. The maximum Gasteiger partial charge on any atom is 0.352 e. The van der Waals surface area contributed by atoms with Gasteiger partial charge in [-0.05, 0) is 62.6 Å². The lowest BCUT2D eigenvalue weighted by Gasteiger charge is -2.46. The molecule has 0 bridgehead atoms. The monoisotopic (exact) mass is 625 g/mol. The molecule has 5 rings (SSSR count). The minimum absolute atomic E-state index is 0.00803. The molecule has 0 saturated carbocycles. The first-order valence-corrected chi connectivity index (χ1v) is 15.6. The van der Waals surface area contributed by atoms with E-state index in [9.17, 15) is 13.2 Å². The molecule has 3 aromatic rings. The Morgan fingerprint density at radius 2 is 1.84 bits per heavy atom. The van der Waals surface area contributed by atoms with Crippen molar-refractivity contribution < 1.29 is 17.6 Å². The van der Waals surface area contributed by atoms with E-state index in [4.69, 9.17) is 22.3 Å². The lowest BCUT2D eigenvalue weighted by Crippen LogP contribution is -2.60. The number of hydrogen-bond donors (Lipinski definition) is 1.